The van der Waals surface area contributed by atoms with Crippen LogP contribution in [0.15, 0.2) is 18.2 Å². The molecule has 27 heavy (non-hydrogen) atoms. The van der Waals surface area contributed by atoms with Crippen molar-refractivity contribution >= 4 is 0 Å². The number of aromatic nitrogens is 2. The van der Waals surface area contributed by atoms with Gasteiger partial charge in [0, 0.05) is 31.3 Å². The van der Waals surface area contributed by atoms with Gasteiger partial charge in [-0.1, -0.05) is 0 Å². The molecule has 2 aromatic rings. The van der Waals surface area contributed by atoms with Gasteiger partial charge in [0.05, 0.1) is 39.3 Å². The van der Waals surface area contributed by atoms with Crippen molar-refractivity contribution in [3.63, 3.8) is 0 Å². The van der Waals surface area contributed by atoms with Gasteiger partial charge in [-0.15, -0.1) is 0 Å². The first-order chi connectivity index (χ1) is 13.1. The third-order valence-corrected chi connectivity index (χ3v) is 5.45. The lowest BCUT2D eigenvalue weighted by Crippen LogP contribution is -2.33. The first-order valence-electron chi connectivity index (χ1n) is 9.39. The van der Waals surface area contributed by atoms with E-state index in [4.69, 9.17) is 14.2 Å². The maximum absolute atomic E-state index is 10.4. The highest BCUT2D eigenvalue weighted by Crippen LogP contribution is 2.41. The van der Waals surface area contributed by atoms with E-state index < -0.39 is 6.10 Å². The van der Waals surface area contributed by atoms with Gasteiger partial charge < -0.3 is 19.3 Å². The second-order valence-corrected chi connectivity index (χ2v) is 7.30. The zero-order chi connectivity index (χ0) is 19.0. The van der Waals surface area contributed by atoms with Gasteiger partial charge in [-0.3, -0.25) is 9.58 Å². The van der Waals surface area contributed by atoms with Crippen LogP contribution in [0, 0.1) is 5.92 Å². The van der Waals surface area contributed by atoms with E-state index in [0.29, 0.717) is 17.4 Å². The van der Waals surface area contributed by atoms with E-state index in [2.05, 4.69) is 16.1 Å². The molecular weight excluding hydrogens is 346 g/mol. The van der Waals surface area contributed by atoms with Crippen molar-refractivity contribution in [2.75, 3.05) is 27.9 Å². The molecule has 0 saturated heterocycles. The van der Waals surface area contributed by atoms with Crippen LogP contribution in [0.5, 0.6) is 17.2 Å². The minimum atomic E-state index is -0.414. The summed E-state index contributed by atoms with van der Waals surface area (Å²) in [7, 11) is 4.93. The largest absolute Gasteiger partial charge is 0.496 e. The molecule has 1 aromatic carbocycles. The number of hydrogen-bond acceptors (Lipinski definition) is 6. The monoisotopic (exact) mass is 373 g/mol. The Kier molecular flexibility index (Phi) is 4.97. The average Bonchev–Trinajstić information content (AvgIpc) is 3.45. The molecule has 1 N–H and O–H groups in total. The van der Waals surface area contributed by atoms with Crippen LogP contribution >= 0.6 is 0 Å². The van der Waals surface area contributed by atoms with Gasteiger partial charge in [-0.25, -0.2) is 0 Å². The minimum Gasteiger partial charge on any atom is -0.496 e. The van der Waals surface area contributed by atoms with Crippen LogP contribution in [-0.2, 0) is 19.6 Å². The van der Waals surface area contributed by atoms with Crippen LogP contribution in [0.2, 0.25) is 0 Å². The number of aliphatic hydroxyl groups excluding tert-OH is 1. The third kappa shape index (κ3) is 3.61. The third-order valence-electron chi connectivity index (χ3n) is 5.45. The Morgan fingerprint density at radius 3 is 2.41 bits per heavy atom. The molecule has 0 radical (unpaired) electrons. The normalized spacial score (nSPS) is 18.1. The summed E-state index contributed by atoms with van der Waals surface area (Å²) in [5, 5.41) is 15.0. The van der Waals surface area contributed by atoms with E-state index in [1.807, 2.05) is 16.8 Å². The summed E-state index contributed by atoms with van der Waals surface area (Å²) in [5.74, 6) is 2.55. The Labute approximate surface area is 159 Å². The van der Waals surface area contributed by atoms with Crippen molar-refractivity contribution in [3.8, 4) is 17.2 Å². The van der Waals surface area contributed by atoms with E-state index in [0.717, 1.165) is 61.7 Å². The molecule has 0 bridgehead atoms. The molecule has 0 spiro atoms. The molecule has 2 heterocycles. The fraction of sp³-hybridized carbons (Fsp3) is 0.550. The van der Waals surface area contributed by atoms with E-state index in [1.165, 1.54) is 0 Å². The van der Waals surface area contributed by atoms with Crippen LogP contribution < -0.4 is 14.2 Å². The number of aliphatic hydroxyl groups is 1. The number of nitrogens with zero attached hydrogens (tertiary/aromatic N) is 3. The molecule has 1 saturated carbocycles. The lowest BCUT2D eigenvalue weighted by atomic mass is 10.1. The van der Waals surface area contributed by atoms with E-state index >= 15 is 0 Å². The smallest absolute Gasteiger partial charge is 0.164 e. The Hall–Kier alpha value is -2.25. The molecule has 1 aromatic heterocycles. The van der Waals surface area contributed by atoms with Crippen molar-refractivity contribution in [1.29, 1.82) is 0 Å². The standard InChI is InChI=1S/C20H27N3O4/c1-25-17-10-19(27-3)18(26-2)8-14(17)11-22-6-7-23-15(12-22)9-16(21-23)20(24)13-4-5-13/h8-10,13,20,24H,4-7,11-12H2,1-3H3. The Morgan fingerprint density at radius 2 is 1.74 bits per heavy atom. The highest BCUT2D eigenvalue weighted by atomic mass is 16.5. The molecule has 1 unspecified atom stereocenters. The number of ether oxygens (including phenoxy) is 3. The highest BCUT2D eigenvalue weighted by Gasteiger charge is 2.33. The Bertz CT molecular complexity index is 816. The van der Waals surface area contributed by atoms with Crippen molar-refractivity contribution < 1.29 is 19.3 Å². The summed E-state index contributed by atoms with van der Waals surface area (Å²) in [6, 6.07) is 5.90. The maximum Gasteiger partial charge on any atom is 0.164 e. The summed E-state index contributed by atoms with van der Waals surface area (Å²) >= 11 is 0. The van der Waals surface area contributed by atoms with E-state index in [1.54, 1.807) is 21.3 Å². The zero-order valence-electron chi connectivity index (χ0n) is 16.1. The van der Waals surface area contributed by atoms with Gasteiger partial charge in [0.15, 0.2) is 11.5 Å². The van der Waals surface area contributed by atoms with Gasteiger partial charge >= 0.3 is 0 Å². The number of benzene rings is 1. The fourth-order valence-corrected chi connectivity index (χ4v) is 3.73. The van der Waals surface area contributed by atoms with Gasteiger partial charge in [0.25, 0.3) is 0 Å². The molecular formula is C20H27N3O4. The number of hydrogen-bond donors (Lipinski definition) is 1. The molecule has 146 valence electrons. The van der Waals surface area contributed by atoms with Crippen molar-refractivity contribution in [2.24, 2.45) is 5.92 Å². The number of rotatable bonds is 7. The highest BCUT2D eigenvalue weighted by molar-refractivity contribution is 5.50. The van der Waals surface area contributed by atoms with Crippen LogP contribution in [0.3, 0.4) is 0 Å². The van der Waals surface area contributed by atoms with Crippen LogP contribution in [0.4, 0.5) is 0 Å². The fourth-order valence-electron chi connectivity index (χ4n) is 3.73. The van der Waals surface area contributed by atoms with Gasteiger partial charge in [0.1, 0.15) is 11.9 Å². The molecule has 1 aliphatic carbocycles. The number of fused-ring (bicyclic) bond motifs is 1. The minimum absolute atomic E-state index is 0.397. The summed E-state index contributed by atoms with van der Waals surface area (Å²) in [4.78, 5) is 2.36. The first kappa shape index (κ1) is 18.1. The summed E-state index contributed by atoms with van der Waals surface area (Å²) in [6.07, 6.45) is 1.80. The quantitative estimate of drug-likeness (QED) is 0.804. The molecule has 2 aliphatic rings. The SMILES string of the molecule is COc1cc(OC)c(OC)cc1CN1CCn2nc(C(O)C3CC3)cc2C1. The van der Waals surface area contributed by atoms with Crippen LogP contribution in [-0.4, -0.2) is 47.7 Å². The second kappa shape index (κ2) is 7.40. The summed E-state index contributed by atoms with van der Waals surface area (Å²) in [5.41, 5.74) is 3.02. The number of methoxy groups -OCH3 is 3. The Balaban J connectivity index is 1.51. The van der Waals surface area contributed by atoms with E-state index in [-0.39, 0.29) is 0 Å². The lowest BCUT2D eigenvalue weighted by Gasteiger charge is -2.28. The average molecular weight is 373 g/mol. The van der Waals surface area contributed by atoms with Gasteiger partial charge in [-0.05, 0) is 30.9 Å². The van der Waals surface area contributed by atoms with Gasteiger partial charge in [0.2, 0.25) is 0 Å². The predicted octanol–water partition coefficient (Wildman–Crippen LogP) is 2.37. The molecule has 0 amide bonds. The molecule has 7 heteroatoms. The Morgan fingerprint density at radius 1 is 1.04 bits per heavy atom. The zero-order valence-corrected chi connectivity index (χ0v) is 16.1. The first-order valence-corrected chi connectivity index (χ1v) is 9.39. The maximum atomic E-state index is 10.4. The van der Waals surface area contributed by atoms with Crippen molar-refractivity contribution in [2.45, 2.75) is 38.6 Å². The molecule has 7 nitrogen and oxygen atoms in total. The van der Waals surface area contributed by atoms with Crippen LogP contribution in [0.25, 0.3) is 0 Å². The molecule has 4 rings (SSSR count). The molecule has 1 fully saturated rings. The molecule has 1 aliphatic heterocycles. The summed E-state index contributed by atoms with van der Waals surface area (Å²) in [6.45, 7) is 3.25. The van der Waals surface area contributed by atoms with Crippen molar-refractivity contribution in [3.05, 3.63) is 35.2 Å². The topological polar surface area (TPSA) is 69.0 Å². The molecule has 1 atom stereocenters. The van der Waals surface area contributed by atoms with Crippen LogP contribution in [0.1, 0.15) is 35.9 Å². The van der Waals surface area contributed by atoms with E-state index in [9.17, 15) is 5.11 Å². The van der Waals surface area contributed by atoms with Gasteiger partial charge in [-0.2, -0.15) is 5.10 Å². The lowest BCUT2D eigenvalue weighted by molar-refractivity contribution is 0.147. The second-order valence-electron chi connectivity index (χ2n) is 7.30. The predicted molar refractivity (Wildman–Crippen MR) is 100 cm³/mol. The summed E-state index contributed by atoms with van der Waals surface area (Å²) < 4.78 is 18.4. The van der Waals surface area contributed by atoms with Crippen molar-refractivity contribution in [1.82, 2.24) is 14.7 Å².